The number of halogens is 1. The van der Waals surface area contributed by atoms with Crippen molar-refractivity contribution in [3.8, 4) is 0 Å². The predicted molar refractivity (Wildman–Crippen MR) is 56.9 cm³/mol. The van der Waals surface area contributed by atoms with Crippen molar-refractivity contribution < 1.29 is 17.6 Å². The van der Waals surface area contributed by atoms with Crippen molar-refractivity contribution in [3.05, 3.63) is 35.6 Å². The summed E-state index contributed by atoms with van der Waals surface area (Å²) >= 11 is 0. The van der Waals surface area contributed by atoms with Crippen LogP contribution in [0.3, 0.4) is 0 Å². The predicted octanol–water partition coefficient (Wildman–Crippen LogP) is 1.31. The molecule has 0 aliphatic heterocycles. The van der Waals surface area contributed by atoms with Crippen LogP contribution in [0.15, 0.2) is 24.3 Å². The summed E-state index contributed by atoms with van der Waals surface area (Å²) in [7, 11) is -3.79. The Morgan fingerprint density at radius 2 is 2.00 bits per heavy atom. The van der Waals surface area contributed by atoms with E-state index >= 15 is 0 Å². The van der Waals surface area contributed by atoms with Gasteiger partial charge in [-0.1, -0.05) is 19.1 Å². The number of carbonyl (C=O) groups excluding carboxylic acids is 1. The molecule has 0 bridgehead atoms. The molecule has 0 atom stereocenters. The summed E-state index contributed by atoms with van der Waals surface area (Å²) in [5.74, 6) is -2.05. The maximum absolute atomic E-state index is 13.1. The van der Waals surface area contributed by atoms with Gasteiger partial charge >= 0.3 is 0 Å². The van der Waals surface area contributed by atoms with Crippen molar-refractivity contribution in [2.75, 3.05) is 5.75 Å². The molecule has 1 aromatic rings. The second kappa shape index (κ2) is 5.07. The number of nitrogens with zero attached hydrogens (tertiary/aromatic N) is 1. The zero-order valence-corrected chi connectivity index (χ0v) is 9.50. The van der Waals surface area contributed by atoms with E-state index in [1.54, 1.807) is 6.92 Å². The number of carbonyl (C=O) groups is 1. The average molecular weight is 244 g/mol. The van der Waals surface area contributed by atoms with E-state index in [1.165, 1.54) is 18.2 Å². The number of sulfonamides is 1. The quantitative estimate of drug-likeness (QED) is 0.802. The van der Waals surface area contributed by atoms with Gasteiger partial charge in [-0.05, 0) is 18.6 Å². The highest BCUT2D eigenvalue weighted by atomic mass is 32.2. The fourth-order valence-electron chi connectivity index (χ4n) is 1.11. The van der Waals surface area contributed by atoms with E-state index in [0.29, 0.717) is 6.42 Å². The Bertz CT molecular complexity index is 485. The molecule has 0 fully saturated rings. The molecule has 0 N–H and O–H groups in total. The first-order chi connectivity index (χ1) is 7.46. The van der Waals surface area contributed by atoms with Gasteiger partial charge in [0.05, 0.1) is 11.3 Å². The van der Waals surface area contributed by atoms with Crippen LogP contribution in [0.2, 0.25) is 0 Å². The molecule has 1 aromatic carbocycles. The Kier molecular flexibility index (Phi) is 4.00. The van der Waals surface area contributed by atoms with Crippen molar-refractivity contribution in [1.29, 1.82) is 0 Å². The lowest BCUT2D eigenvalue weighted by atomic mass is 10.2. The lowest BCUT2D eigenvalue weighted by Crippen LogP contribution is -2.26. The normalized spacial score (nSPS) is 11.1. The van der Waals surface area contributed by atoms with E-state index in [4.69, 9.17) is 0 Å². The number of rotatable bonds is 4. The highest BCUT2D eigenvalue weighted by Crippen LogP contribution is 2.07. The van der Waals surface area contributed by atoms with Crippen LogP contribution in [0.25, 0.3) is 0 Å². The van der Waals surface area contributed by atoms with Crippen LogP contribution < -0.4 is 4.72 Å². The largest absolute Gasteiger partial charge is 0.290 e. The molecular weight excluding hydrogens is 233 g/mol. The van der Waals surface area contributed by atoms with E-state index in [9.17, 15) is 17.6 Å². The molecule has 0 saturated carbocycles. The molecule has 0 saturated heterocycles. The Labute approximate surface area is 93.5 Å². The van der Waals surface area contributed by atoms with Crippen LogP contribution in [-0.4, -0.2) is 20.1 Å². The van der Waals surface area contributed by atoms with Crippen molar-refractivity contribution in [2.45, 2.75) is 13.3 Å². The molecule has 0 aliphatic carbocycles. The zero-order valence-electron chi connectivity index (χ0n) is 8.68. The lowest BCUT2D eigenvalue weighted by molar-refractivity contribution is 0.0974. The van der Waals surface area contributed by atoms with Crippen molar-refractivity contribution >= 4 is 15.9 Å². The smallest absolute Gasteiger partial charge is 0.266 e. The Morgan fingerprint density at radius 3 is 2.56 bits per heavy atom. The SMILES string of the molecule is CCCS(=O)(=O)[N]C(=O)c1ccccc1F. The summed E-state index contributed by atoms with van der Waals surface area (Å²) in [5.41, 5.74) is -0.331. The molecule has 0 spiro atoms. The Morgan fingerprint density at radius 1 is 1.38 bits per heavy atom. The van der Waals surface area contributed by atoms with Gasteiger partial charge in [0, 0.05) is 0 Å². The van der Waals surface area contributed by atoms with Crippen LogP contribution in [0, 0.1) is 5.82 Å². The number of hydrogen-bond acceptors (Lipinski definition) is 3. The van der Waals surface area contributed by atoms with E-state index in [2.05, 4.69) is 4.72 Å². The van der Waals surface area contributed by atoms with Gasteiger partial charge < -0.3 is 0 Å². The molecule has 16 heavy (non-hydrogen) atoms. The summed E-state index contributed by atoms with van der Waals surface area (Å²) in [5, 5.41) is 0. The van der Waals surface area contributed by atoms with E-state index in [1.807, 2.05) is 0 Å². The highest BCUT2D eigenvalue weighted by molar-refractivity contribution is 7.89. The van der Waals surface area contributed by atoms with Gasteiger partial charge in [0.15, 0.2) is 0 Å². The van der Waals surface area contributed by atoms with Crippen LogP contribution >= 0.6 is 0 Å². The molecular formula is C10H11FNO3S. The van der Waals surface area contributed by atoms with E-state index in [-0.39, 0.29) is 11.3 Å². The maximum Gasteiger partial charge on any atom is 0.290 e. The van der Waals surface area contributed by atoms with E-state index < -0.39 is 21.7 Å². The zero-order chi connectivity index (χ0) is 12.2. The molecule has 0 aliphatic rings. The van der Waals surface area contributed by atoms with Gasteiger partial charge in [-0.2, -0.15) is 0 Å². The first-order valence-corrected chi connectivity index (χ1v) is 6.31. The second-order valence-electron chi connectivity index (χ2n) is 3.16. The minimum absolute atomic E-state index is 0.215. The van der Waals surface area contributed by atoms with Gasteiger partial charge in [-0.3, -0.25) is 4.79 Å². The van der Waals surface area contributed by atoms with Crippen LogP contribution in [0.5, 0.6) is 0 Å². The van der Waals surface area contributed by atoms with Crippen molar-refractivity contribution in [2.24, 2.45) is 0 Å². The summed E-state index contributed by atoms with van der Waals surface area (Å²) < 4.78 is 38.6. The summed E-state index contributed by atoms with van der Waals surface area (Å²) in [6.07, 6.45) is 0.358. The maximum atomic E-state index is 13.1. The minimum atomic E-state index is -3.79. The highest BCUT2D eigenvalue weighted by Gasteiger charge is 2.20. The third-order valence-corrected chi connectivity index (χ3v) is 3.16. The first kappa shape index (κ1) is 12.6. The van der Waals surface area contributed by atoms with Gasteiger partial charge in [-0.15, -0.1) is 4.72 Å². The number of amides is 1. The monoisotopic (exact) mass is 244 g/mol. The fraction of sp³-hybridized carbons (Fsp3) is 0.300. The lowest BCUT2D eigenvalue weighted by Gasteiger charge is -2.02. The Hall–Kier alpha value is -1.43. The summed E-state index contributed by atoms with van der Waals surface area (Å²) in [6, 6.07) is 5.13. The Balaban J connectivity index is 2.85. The van der Waals surface area contributed by atoms with Crippen LogP contribution in [0.1, 0.15) is 23.7 Å². The molecule has 1 rings (SSSR count). The topological polar surface area (TPSA) is 65.3 Å². The molecule has 1 amide bonds. The minimum Gasteiger partial charge on any atom is -0.266 e. The third-order valence-electron chi connectivity index (χ3n) is 1.79. The molecule has 87 valence electrons. The van der Waals surface area contributed by atoms with Gasteiger partial charge in [0.2, 0.25) is 0 Å². The summed E-state index contributed by atoms with van der Waals surface area (Å²) in [6.45, 7) is 1.65. The third kappa shape index (κ3) is 3.30. The van der Waals surface area contributed by atoms with Gasteiger partial charge in [0.25, 0.3) is 15.9 Å². The van der Waals surface area contributed by atoms with Crippen LogP contribution in [-0.2, 0) is 10.0 Å². The molecule has 0 heterocycles. The fourth-order valence-corrected chi connectivity index (χ4v) is 2.07. The molecule has 6 heteroatoms. The second-order valence-corrected chi connectivity index (χ2v) is 4.92. The van der Waals surface area contributed by atoms with Crippen LogP contribution in [0.4, 0.5) is 4.39 Å². The molecule has 0 unspecified atom stereocenters. The van der Waals surface area contributed by atoms with Gasteiger partial charge in [0.1, 0.15) is 5.82 Å². The summed E-state index contributed by atoms with van der Waals surface area (Å²) in [4.78, 5) is 11.4. The van der Waals surface area contributed by atoms with Gasteiger partial charge in [-0.25, -0.2) is 12.8 Å². The number of benzene rings is 1. The standard InChI is InChI=1S/C10H11FNO3S/c1-2-7-16(14,15)12-10(13)8-5-3-4-6-9(8)11/h3-6H,2,7H2,1H3. The first-order valence-electron chi connectivity index (χ1n) is 4.71. The molecule has 1 radical (unpaired) electrons. The molecule has 0 aromatic heterocycles. The van der Waals surface area contributed by atoms with E-state index in [0.717, 1.165) is 6.07 Å². The average Bonchev–Trinajstić information content (AvgIpc) is 2.17. The van der Waals surface area contributed by atoms with Crippen molar-refractivity contribution in [1.82, 2.24) is 4.72 Å². The molecule has 4 nitrogen and oxygen atoms in total. The van der Waals surface area contributed by atoms with Crippen molar-refractivity contribution in [3.63, 3.8) is 0 Å². The number of hydrogen-bond donors (Lipinski definition) is 0.